The molecule has 0 aliphatic carbocycles. The highest BCUT2D eigenvalue weighted by Crippen LogP contribution is 2.19. The van der Waals surface area contributed by atoms with Crippen LogP contribution in [0.2, 0.25) is 0 Å². The first kappa shape index (κ1) is 28.2. The zero-order chi connectivity index (χ0) is 23.8. The topological polar surface area (TPSA) is 78.5 Å². The molecule has 6 nitrogen and oxygen atoms in total. The van der Waals surface area contributed by atoms with Crippen LogP contribution < -0.4 is 10.6 Å². The highest BCUT2D eigenvalue weighted by molar-refractivity contribution is 5.94. The molecule has 0 bridgehead atoms. The molecule has 2 atom stereocenters. The summed E-state index contributed by atoms with van der Waals surface area (Å²) in [6.45, 7) is 12.5. The second kappa shape index (κ2) is 16.0. The van der Waals surface area contributed by atoms with Crippen molar-refractivity contribution in [3.8, 4) is 12.3 Å². The van der Waals surface area contributed by atoms with Crippen LogP contribution in [0.5, 0.6) is 0 Å². The Morgan fingerprint density at radius 1 is 1.13 bits per heavy atom. The van der Waals surface area contributed by atoms with Crippen molar-refractivity contribution in [2.24, 2.45) is 5.92 Å². The van der Waals surface area contributed by atoms with Crippen molar-refractivity contribution in [1.29, 1.82) is 0 Å². The monoisotopic (exact) mass is 429 g/mol. The molecule has 1 aliphatic rings. The molecule has 172 valence electrons. The van der Waals surface area contributed by atoms with Crippen LogP contribution in [-0.4, -0.2) is 47.8 Å². The Labute approximate surface area is 188 Å². The minimum absolute atomic E-state index is 0.0959. The van der Waals surface area contributed by atoms with Crippen molar-refractivity contribution in [3.05, 3.63) is 35.9 Å². The minimum Gasteiger partial charge on any atom is -0.350 e. The van der Waals surface area contributed by atoms with Gasteiger partial charge in [-0.15, -0.1) is 12.3 Å². The number of likely N-dealkylation sites (tertiary alicyclic amines) is 1. The molecule has 0 aromatic heterocycles. The van der Waals surface area contributed by atoms with Gasteiger partial charge in [0, 0.05) is 37.0 Å². The average Bonchev–Trinajstić information content (AvgIpc) is 3.28. The van der Waals surface area contributed by atoms with Crippen LogP contribution in [0.3, 0.4) is 0 Å². The van der Waals surface area contributed by atoms with Gasteiger partial charge in [0.2, 0.25) is 11.8 Å². The molecule has 2 unspecified atom stereocenters. The number of carbonyl (C=O) groups excluding carboxylic acids is 3. The highest BCUT2D eigenvalue weighted by atomic mass is 16.2. The fourth-order valence-corrected chi connectivity index (χ4v) is 3.10. The SMILES string of the molecule is C#CCC(NC(=O)C(C)C)C(=O)N1CCCC1CNC(=O)c1ccccc1.CC.CC. The second-order valence-corrected chi connectivity index (χ2v) is 7.03. The van der Waals surface area contributed by atoms with E-state index in [0.717, 1.165) is 12.8 Å². The third-order valence-corrected chi connectivity index (χ3v) is 4.66. The molecule has 0 spiro atoms. The van der Waals surface area contributed by atoms with Crippen molar-refractivity contribution in [2.75, 3.05) is 13.1 Å². The van der Waals surface area contributed by atoms with Crippen LogP contribution in [0.25, 0.3) is 0 Å². The predicted octanol–water partition coefficient (Wildman–Crippen LogP) is 3.62. The summed E-state index contributed by atoms with van der Waals surface area (Å²) in [5.74, 6) is 1.70. The molecular weight excluding hydrogens is 390 g/mol. The summed E-state index contributed by atoms with van der Waals surface area (Å²) in [5.41, 5.74) is 0.586. The summed E-state index contributed by atoms with van der Waals surface area (Å²) in [5, 5.41) is 5.64. The Hall–Kier alpha value is -2.81. The van der Waals surface area contributed by atoms with E-state index in [1.165, 1.54) is 0 Å². The van der Waals surface area contributed by atoms with Gasteiger partial charge in [0.25, 0.3) is 5.91 Å². The van der Waals surface area contributed by atoms with Crippen LogP contribution in [0.1, 0.15) is 71.2 Å². The van der Waals surface area contributed by atoms with Gasteiger partial charge in [-0.1, -0.05) is 59.7 Å². The lowest BCUT2D eigenvalue weighted by Crippen LogP contribution is -2.52. The number of hydrogen-bond donors (Lipinski definition) is 2. The van der Waals surface area contributed by atoms with Crippen LogP contribution in [0.15, 0.2) is 30.3 Å². The molecule has 0 radical (unpaired) electrons. The van der Waals surface area contributed by atoms with Crippen LogP contribution in [0, 0.1) is 18.3 Å². The summed E-state index contributed by atoms with van der Waals surface area (Å²) < 4.78 is 0. The first-order valence-corrected chi connectivity index (χ1v) is 11.3. The standard InChI is InChI=1S/C21H27N3O3.2C2H6/c1-4-9-18(23-19(25)15(2)3)21(27)24-13-8-12-17(24)14-22-20(26)16-10-6-5-7-11-16;2*1-2/h1,5-7,10-11,15,17-18H,8-9,12-14H2,2-3H3,(H,22,26)(H,23,25);2*1-2H3. The summed E-state index contributed by atoms with van der Waals surface area (Å²) in [6.07, 6.45) is 7.20. The van der Waals surface area contributed by atoms with Gasteiger partial charge in [-0.3, -0.25) is 14.4 Å². The van der Waals surface area contributed by atoms with Gasteiger partial charge in [0.05, 0.1) is 0 Å². The van der Waals surface area contributed by atoms with E-state index in [-0.39, 0.29) is 36.1 Å². The maximum absolute atomic E-state index is 12.9. The Kier molecular flexibility index (Phi) is 14.5. The Bertz CT molecular complexity index is 710. The average molecular weight is 430 g/mol. The molecule has 2 N–H and O–H groups in total. The molecule has 2 rings (SSSR count). The zero-order valence-corrected chi connectivity index (χ0v) is 19.9. The maximum atomic E-state index is 12.9. The fraction of sp³-hybridized carbons (Fsp3) is 0.560. The number of benzene rings is 1. The number of terminal acetylenes is 1. The third-order valence-electron chi connectivity index (χ3n) is 4.66. The lowest BCUT2D eigenvalue weighted by Gasteiger charge is -2.29. The van der Waals surface area contributed by atoms with Gasteiger partial charge >= 0.3 is 0 Å². The number of nitrogens with zero attached hydrogens (tertiary/aromatic N) is 1. The largest absolute Gasteiger partial charge is 0.350 e. The van der Waals surface area contributed by atoms with Crippen molar-refractivity contribution in [2.45, 2.75) is 72.9 Å². The molecule has 6 heteroatoms. The lowest BCUT2D eigenvalue weighted by molar-refractivity contribution is -0.137. The molecule has 1 aromatic rings. The summed E-state index contributed by atoms with van der Waals surface area (Å²) in [7, 11) is 0. The Morgan fingerprint density at radius 2 is 1.74 bits per heavy atom. The maximum Gasteiger partial charge on any atom is 0.251 e. The molecule has 1 aliphatic heterocycles. The molecular formula is C25H39N3O3. The van der Waals surface area contributed by atoms with E-state index in [1.807, 2.05) is 45.9 Å². The predicted molar refractivity (Wildman–Crippen MR) is 126 cm³/mol. The molecule has 1 aromatic carbocycles. The second-order valence-electron chi connectivity index (χ2n) is 7.03. The van der Waals surface area contributed by atoms with Crippen molar-refractivity contribution >= 4 is 17.7 Å². The van der Waals surface area contributed by atoms with Crippen LogP contribution in [-0.2, 0) is 9.59 Å². The molecule has 1 heterocycles. The smallest absolute Gasteiger partial charge is 0.251 e. The van der Waals surface area contributed by atoms with Gasteiger partial charge in [0.1, 0.15) is 6.04 Å². The lowest BCUT2D eigenvalue weighted by atomic mass is 10.1. The van der Waals surface area contributed by atoms with Gasteiger partial charge in [-0.05, 0) is 25.0 Å². The number of hydrogen-bond acceptors (Lipinski definition) is 3. The molecule has 1 fully saturated rings. The molecule has 0 saturated carbocycles. The number of rotatable bonds is 7. The van der Waals surface area contributed by atoms with Crippen LogP contribution >= 0.6 is 0 Å². The normalized spacial score (nSPS) is 15.4. The molecule has 31 heavy (non-hydrogen) atoms. The summed E-state index contributed by atoms with van der Waals surface area (Å²) in [4.78, 5) is 38.9. The van der Waals surface area contributed by atoms with E-state index in [0.29, 0.717) is 18.7 Å². The minimum atomic E-state index is -0.727. The van der Waals surface area contributed by atoms with Crippen molar-refractivity contribution in [1.82, 2.24) is 15.5 Å². The summed E-state index contributed by atoms with van der Waals surface area (Å²) >= 11 is 0. The van der Waals surface area contributed by atoms with Gasteiger partial charge in [-0.25, -0.2) is 0 Å². The highest BCUT2D eigenvalue weighted by Gasteiger charge is 2.33. The van der Waals surface area contributed by atoms with E-state index in [4.69, 9.17) is 6.42 Å². The van der Waals surface area contributed by atoms with Crippen molar-refractivity contribution in [3.63, 3.8) is 0 Å². The third kappa shape index (κ3) is 9.25. The fourth-order valence-electron chi connectivity index (χ4n) is 3.10. The van der Waals surface area contributed by atoms with E-state index in [9.17, 15) is 14.4 Å². The van der Waals surface area contributed by atoms with Gasteiger partial charge in [0.15, 0.2) is 0 Å². The first-order chi connectivity index (χ1) is 14.9. The first-order valence-electron chi connectivity index (χ1n) is 11.3. The van der Waals surface area contributed by atoms with Gasteiger partial charge < -0.3 is 15.5 Å². The summed E-state index contributed by atoms with van der Waals surface area (Å²) in [6, 6.07) is 8.14. The quantitative estimate of drug-likeness (QED) is 0.650. The number of amides is 3. The molecule has 3 amide bonds. The van der Waals surface area contributed by atoms with Crippen LogP contribution in [0.4, 0.5) is 0 Å². The van der Waals surface area contributed by atoms with E-state index in [1.54, 1.807) is 30.9 Å². The van der Waals surface area contributed by atoms with Crippen molar-refractivity contribution < 1.29 is 14.4 Å². The number of carbonyl (C=O) groups is 3. The zero-order valence-electron chi connectivity index (χ0n) is 19.9. The van der Waals surface area contributed by atoms with E-state index in [2.05, 4.69) is 16.6 Å². The Balaban J connectivity index is 0.00000212. The number of nitrogens with one attached hydrogen (secondary N) is 2. The van der Waals surface area contributed by atoms with E-state index < -0.39 is 6.04 Å². The molecule has 1 saturated heterocycles. The van der Waals surface area contributed by atoms with Gasteiger partial charge in [-0.2, -0.15) is 0 Å². The van der Waals surface area contributed by atoms with E-state index >= 15 is 0 Å². The Morgan fingerprint density at radius 3 is 2.29 bits per heavy atom.